The number of hydrogen-bond donors (Lipinski definition) is 3. The number of aliphatic hydroxyl groups excluding tert-OH is 1. The molecule has 5 heteroatoms. The largest absolute Gasteiger partial charge is 0.464 e. The highest BCUT2D eigenvalue weighted by molar-refractivity contribution is 5.87. The van der Waals surface area contributed by atoms with Crippen molar-refractivity contribution in [3.05, 3.63) is 23.5 Å². The summed E-state index contributed by atoms with van der Waals surface area (Å²) in [5.74, 6) is -0.378. The van der Waals surface area contributed by atoms with Crippen LogP contribution in [0.5, 0.6) is 0 Å². The van der Waals surface area contributed by atoms with Gasteiger partial charge in [0.25, 0.3) is 0 Å². The molecule has 15 heavy (non-hydrogen) atoms. The number of rotatable bonds is 5. The van der Waals surface area contributed by atoms with Crippen molar-refractivity contribution < 1.29 is 14.6 Å². The molecule has 0 radical (unpaired) electrons. The van der Waals surface area contributed by atoms with Crippen molar-refractivity contribution in [1.82, 2.24) is 10.3 Å². The Balaban J connectivity index is 2.43. The van der Waals surface area contributed by atoms with E-state index in [1.54, 1.807) is 19.2 Å². The summed E-state index contributed by atoms with van der Waals surface area (Å²) < 4.78 is 4.56. The fourth-order valence-corrected chi connectivity index (χ4v) is 1.19. The maximum Gasteiger partial charge on any atom is 0.354 e. The van der Waals surface area contributed by atoms with Crippen molar-refractivity contribution in [2.24, 2.45) is 0 Å². The van der Waals surface area contributed by atoms with E-state index in [2.05, 4.69) is 15.0 Å². The van der Waals surface area contributed by atoms with E-state index in [1.807, 2.05) is 0 Å². The lowest BCUT2D eigenvalue weighted by Gasteiger charge is -2.04. The van der Waals surface area contributed by atoms with E-state index in [0.717, 1.165) is 5.56 Å². The molecule has 0 fully saturated rings. The highest BCUT2D eigenvalue weighted by atomic mass is 16.5. The Morgan fingerprint density at radius 2 is 2.47 bits per heavy atom. The maximum atomic E-state index is 11.1. The first kappa shape index (κ1) is 11.7. The van der Waals surface area contributed by atoms with Gasteiger partial charge in [0.15, 0.2) is 0 Å². The highest BCUT2D eigenvalue weighted by Gasteiger charge is 2.07. The molecule has 0 saturated heterocycles. The van der Waals surface area contributed by atoms with Gasteiger partial charge in [0.05, 0.1) is 13.2 Å². The lowest BCUT2D eigenvalue weighted by atomic mass is 10.3. The summed E-state index contributed by atoms with van der Waals surface area (Å²) in [6.07, 6.45) is 1.37. The summed E-state index contributed by atoms with van der Waals surface area (Å²) in [7, 11) is 1.34. The molecule has 0 aliphatic heterocycles. The van der Waals surface area contributed by atoms with Crippen molar-refractivity contribution in [2.45, 2.75) is 19.6 Å². The first-order chi connectivity index (χ1) is 7.13. The van der Waals surface area contributed by atoms with Gasteiger partial charge in [-0.15, -0.1) is 0 Å². The normalized spacial score (nSPS) is 12.5. The molecule has 0 aliphatic rings. The minimum Gasteiger partial charge on any atom is -0.464 e. The number of hydrogen-bond acceptors (Lipinski definition) is 4. The number of aromatic amines is 1. The van der Waals surface area contributed by atoms with Gasteiger partial charge in [-0.3, -0.25) is 0 Å². The summed E-state index contributed by atoms with van der Waals surface area (Å²) in [6.45, 7) is 2.85. The Morgan fingerprint density at radius 3 is 3.07 bits per heavy atom. The third-order valence-corrected chi connectivity index (χ3v) is 1.92. The fraction of sp³-hybridized carbons (Fsp3) is 0.500. The van der Waals surface area contributed by atoms with Crippen LogP contribution in [-0.2, 0) is 11.3 Å². The van der Waals surface area contributed by atoms with Gasteiger partial charge in [-0.05, 0) is 18.6 Å². The zero-order valence-electron chi connectivity index (χ0n) is 8.91. The van der Waals surface area contributed by atoms with E-state index in [-0.39, 0.29) is 12.1 Å². The molecular formula is C10H16N2O3. The number of carbonyl (C=O) groups excluding carboxylic acids is 1. The molecule has 0 spiro atoms. The van der Waals surface area contributed by atoms with Crippen LogP contribution in [0.2, 0.25) is 0 Å². The van der Waals surface area contributed by atoms with Crippen LogP contribution in [0.1, 0.15) is 23.0 Å². The summed E-state index contributed by atoms with van der Waals surface area (Å²) >= 11 is 0. The van der Waals surface area contributed by atoms with E-state index >= 15 is 0 Å². The number of ether oxygens (including phenoxy) is 1. The van der Waals surface area contributed by atoms with Crippen molar-refractivity contribution in [1.29, 1.82) is 0 Å². The van der Waals surface area contributed by atoms with Gasteiger partial charge in [-0.2, -0.15) is 0 Å². The van der Waals surface area contributed by atoms with E-state index < -0.39 is 0 Å². The van der Waals surface area contributed by atoms with Gasteiger partial charge >= 0.3 is 5.97 Å². The van der Waals surface area contributed by atoms with Crippen LogP contribution in [0.25, 0.3) is 0 Å². The standard InChI is InChI=1S/C10H16N2O3/c1-7(13)4-11-5-8-3-9(12-6-8)10(14)15-2/h3,6-7,11-13H,4-5H2,1-2H3. The molecule has 1 rings (SSSR count). The molecule has 1 aromatic heterocycles. The topological polar surface area (TPSA) is 74.3 Å². The second-order valence-corrected chi connectivity index (χ2v) is 3.39. The van der Waals surface area contributed by atoms with Crippen molar-refractivity contribution in [2.75, 3.05) is 13.7 Å². The molecule has 1 heterocycles. The van der Waals surface area contributed by atoms with Crippen molar-refractivity contribution >= 4 is 5.97 Å². The van der Waals surface area contributed by atoms with E-state index in [9.17, 15) is 4.79 Å². The third kappa shape index (κ3) is 3.73. The molecule has 1 atom stereocenters. The van der Waals surface area contributed by atoms with Gasteiger partial charge in [-0.25, -0.2) is 4.79 Å². The summed E-state index contributed by atoms with van der Waals surface area (Å²) in [5.41, 5.74) is 1.39. The molecule has 0 amide bonds. The molecule has 0 aromatic carbocycles. The van der Waals surface area contributed by atoms with Gasteiger partial charge < -0.3 is 20.1 Å². The third-order valence-electron chi connectivity index (χ3n) is 1.92. The minimum absolute atomic E-state index is 0.371. The Labute approximate surface area is 88.4 Å². The molecular weight excluding hydrogens is 196 g/mol. The Morgan fingerprint density at radius 1 is 1.73 bits per heavy atom. The van der Waals surface area contributed by atoms with Crippen molar-refractivity contribution in [3.8, 4) is 0 Å². The van der Waals surface area contributed by atoms with Gasteiger partial charge in [0, 0.05) is 19.3 Å². The number of aromatic nitrogens is 1. The van der Waals surface area contributed by atoms with E-state index in [4.69, 9.17) is 5.11 Å². The molecule has 0 bridgehead atoms. The van der Waals surface area contributed by atoms with Gasteiger partial charge in [0.1, 0.15) is 5.69 Å². The number of aliphatic hydroxyl groups is 1. The van der Waals surface area contributed by atoms with E-state index in [1.165, 1.54) is 7.11 Å². The Hall–Kier alpha value is -1.33. The Kier molecular flexibility index (Phi) is 4.33. The van der Waals surface area contributed by atoms with Crippen molar-refractivity contribution in [3.63, 3.8) is 0 Å². The van der Waals surface area contributed by atoms with Crippen LogP contribution in [0.3, 0.4) is 0 Å². The predicted molar refractivity (Wildman–Crippen MR) is 55.5 cm³/mol. The summed E-state index contributed by atoms with van der Waals surface area (Å²) in [4.78, 5) is 13.9. The number of H-pyrrole nitrogens is 1. The Bertz CT molecular complexity index is 320. The first-order valence-corrected chi connectivity index (χ1v) is 4.78. The van der Waals surface area contributed by atoms with Crippen LogP contribution in [0, 0.1) is 0 Å². The smallest absolute Gasteiger partial charge is 0.354 e. The lowest BCUT2D eigenvalue weighted by molar-refractivity contribution is 0.0595. The molecule has 1 unspecified atom stereocenters. The number of methoxy groups -OCH3 is 1. The second-order valence-electron chi connectivity index (χ2n) is 3.39. The average Bonchev–Trinajstić information content (AvgIpc) is 2.65. The zero-order chi connectivity index (χ0) is 11.3. The second kappa shape index (κ2) is 5.53. The predicted octanol–water partition coefficient (Wildman–Crippen LogP) is 0.272. The molecule has 0 saturated carbocycles. The van der Waals surface area contributed by atoms with Gasteiger partial charge in [-0.1, -0.05) is 0 Å². The van der Waals surface area contributed by atoms with E-state index in [0.29, 0.717) is 18.8 Å². The lowest BCUT2D eigenvalue weighted by Crippen LogP contribution is -2.23. The molecule has 5 nitrogen and oxygen atoms in total. The molecule has 0 aliphatic carbocycles. The molecule has 3 N–H and O–H groups in total. The number of nitrogens with one attached hydrogen (secondary N) is 2. The van der Waals surface area contributed by atoms with Crippen LogP contribution in [-0.4, -0.2) is 35.8 Å². The highest BCUT2D eigenvalue weighted by Crippen LogP contribution is 2.04. The summed E-state index contributed by atoms with van der Waals surface area (Å²) in [5, 5.41) is 12.1. The van der Waals surface area contributed by atoms with Gasteiger partial charge in [0.2, 0.25) is 0 Å². The molecule has 1 aromatic rings. The van der Waals surface area contributed by atoms with Crippen LogP contribution >= 0.6 is 0 Å². The zero-order valence-corrected chi connectivity index (χ0v) is 8.91. The fourth-order valence-electron chi connectivity index (χ4n) is 1.19. The maximum absolute atomic E-state index is 11.1. The SMILES string of the molecule is COC(=O)c1cc(CNCC(C)O)c[nH]1. The minimum atomic E-state index is -0.378. The van der Waals surface area contributed by atoms with Crippen LogP contribution < -0.4 is 5.32 Å². The quantitative estimate of drug-likeness (QED) is 0.612. The number of carbonyl (C=O) groups is 1. The van der Waals surface area contributed by atoms with Crippen LogP contribution in [0.4, 0.5) is 0 Å². The summed E-state index contributed by atoms with van der Waals surface area (Å²) in [6, 6.07) is 1.72. The monoisotopic (exact) mass is 212 g/mol. The first-order valence-electron chi connectivity index (χ1n) is 4.78. The number of esters is 1. The average molecular weight is 212 g/mol. The van der Waals surface area contributed by atoms with Crippen LogP contribution in [0.15, 0.2) is 12.3 Å². The molecule has 84 valence electrons.